The second kappa shape index (κ2) is 5.44. The smallest absolute Gasteiger partial charge is 0.0216 e. The first kappa shape index (κ1) is 11.6. The average Bonchev–Trinajstić information content (AvgIpc) is 2.30. The molecule has 15 heavy (non-hydrogen) atoms. The summed E-state index contributed by atoms with van der Waals surface area (Å²) in [7, 11) is 0. The fourth-order valence-electron chi connectivity index (χ4n) is 3.36. The van der Waals surface area contributed by atoms with Crippen LogP contribution in [0.2, 0.25) is 0 Å². The summed E-state index contributed by atoms with van der Waals surface area (Å²) in [4.78, 5) is 0. The van der Waals surface area contributed by atoms with E-state index in [9.17, 15) is 8.76 Å². The Bertz CT molecular complexity index is 216. The van der Waals surface area contributed by atoms with E-state index in [1.807, 2.05) is 0 Å². The highest BCUT2D eigenvalue weighted by Gasteiger charge is 2.28. The lowest BCUT2D eigenvalue weighted by Gasteiger charge is -2.36. The summed E-state index contributed by atoms with van der Waals surface area (Å²) < 4.78 is 21.7. The van der Waals surface area contributed by atoms with Crippen molar-refractivity contribution in [3.05, 3.63) is 0 Å². The van der Waals surface area contributed by atoms with Gasteiger partial charge in [-0.1, -0.05) is 43.2 Å². The first-order valence-electron chi connectivity index (χ1n) is 6.35. The van der Waals surface area contributed by atoms with E-state index in [1.165, 1.54) is 32.1 Å². The molecule has 0 amide bonds. The molecule has 0 aromatic carbocycles. The average molecular weight is 229 g/mol. The Labute approximate surface area is 95.1 Å². The van der Waals surface area contributed by atoms with E-state index in [2.05, 4.69) is 0 Å². The summed E-state index contributed by atoms with van der Waals surface area (Å²) >= 11 is -1.82. The molecule has 0 saturated heterocycles. The fourth-order valence-corrected chi connectivity index (χ4v) is 4.02. The van der Waals surface area contributed by atoms with Crippen molar-refractivity contribution >= 4 is 11.1 Å². The minimum atomic E-state index is -1.82. The molecule has 1 unspecified atom stereocenters. The van der Waals surface area contributed by atoms with Crippen LogP contribution in [0.15, 0.2) is 0 Å². The van der Waals surface area contributed by atoms with Crippen LogP contribution in [0.1, 0.15) is 57.8 Å². The van der Waals surface area contributed by atoms with Crippen LogP contribution in [0.3, 0.4) is 0 Å². The largest absolute Gasteiger partial charge is 0.772 e. The van der Waals surface area contributed by atoms with Crippen molar-refractivity contribution in [2.24, 2.45) is 11.8 Å². The van der Waals surface area contributed by atoms with Crippen molar-refractivity contribution in [2.75, 3.05) is 0 Å². The quantitative estimate of drug-likeness (QED) is 0.683. The van der Waals surface area contributed by atoms with E-state index in [-0.39, 0.29) is 5.25 Å². The van der Waals surface area contributed by atoms with Crippen LogP contribution in [0.5, 0.6) is 0 Å². The van der Waals surface area contributed by atoms with Crippen molar-refractivity contribution in [1.82, 2.24) is 0 Å². The molecular weight excluding hydrogens is 208 g/mol. The molecule has 2 fully saturated rings. The van der Waals surface area contributed by atoms with Crippen molar-refractivity contribution in [1.29, 1.82) is 0 Å². The van der Waals surface area contributed by atoms with Gasteiger partial charge in [0.1, 0.15) is 0 Å². The molecule has 2 nitrogen and oxygen atoms in total. The fraction of sp³-hybridized carbons (Fsp3) is 1.00. The Hall–Kier alpha value is 0.110. The van der Waals surface area contributed by atoms with E-state index < -0.39 is 11.1 Å². The normalized spacial score (nSPS) is 36.3. The second-order valence-electron chi connectivity index (χ2n) is 5.20. The molecule has 0 N–H and O–H groups in total. The first-order valence-corrected chi connectivity index (χ1v) is 7.49. The van der Waals surface area contributed by atoms with Gasteiger partial charge in [-0.25, -0.2) is 0 Å². The Morgan fingerprint density at radius 2 is 1.33 bits per heavy atom. The second-order valence-corrected chi connectivity index (χ2v) is 6.38. The third-order valence-electron chi connectivity index (χ3n) is 4.31. The van der Waals surface area contributed by atoms with E-state index >= 15 is 0 Å². The van der Waals surface area contributed by atoms with E-state index in [4.69, 9.17) is 0 Å². The van der Waals surface area contributed by atoms with Crippen molar-refractivity contribution in [3.63, 3.8) is 0 Å². The van der Waals surface area contributed by atoms with Gasteiger partial charge in [-0.2, -0.15) is 0 Å². The lowest BCUT2D eigenvalue weighted by molar-refractivity contribution is 0.196. The van der Waals surface area contributed by atoms with Crippen molar-refractivity contribution in [2.45, 2.75) is 63.0 Å². The highest BCUT2D eigenvalue weighted by atomic mass is 32.2. The molecular formula is C12H21O2S-. The van der Waals surface area contributed by atoms with Gasteiger partial charge in [0.2, 0.25) is 0 Å². The SMILES string of the molecule is O=S([O-])C1CCC(C2CCCCC2)CC1. The van der Waals surface area contributed by atoms with Gasteiger partial charge < -0.3 is 4.55 Å². The molecule has 2 aliphatic carbocycles. The zero-order chi connectivity index (χ0) is 10.7. The summed E-state index contributed by atoms with van der Waals surface area (Å²) in [5.41, 5.74) is 0. The zero-order valence-electron chi connectivity index (χ0n) is 9.32. The van der Waals surface area contributed by atoms with Crippen LogP contribution in [-0.4, -0.2) is 14.0 Å². The van der Waals surface area contributed by atoms with Gasteiger partial charge >= 0.3 is 0 Å². The molecule has 0 aliphatic heterocycles. The maximum absolute atomic E-state index is 10.8. The van der Waals surface area contributed by atoms with Gasteiger partial charge in [0.05, 0.1) is 0 Å². The summed E-state index contributed by atoms with van der Waals surface area (Å²) in [6.45, 7) is 0. The third kappa shape index (κ3) is 3.04. The summed E-state index contributed by atoms with van der Waals surface area (Å²) in [5.74, 6) is 1.75. The lowest BCUT2D eigenvalue weighted by atomic mass is 9.73. The molecule has 1 atom stereocenters. The maximum atomic E-state index is 10.8. The van der Waals surface area contributed by atoms with Crippen LogP contribution in [-0.2, 0) is 11.1 Å². The highest BCUT2D eigenvalue weighted by Crippen LogP contribution is 2.38. The molecule has 0 aromatic heterocycles. The van der Waals surface area contributed by atoms with E-state index in [0.717, 1.165) is 37.5 Å². The molecule has 0 bridgehead atoms. The standard InChI is InChI=1S/C12H22O2S/c13-15(14)12-8-6-11(7-9-12)10-4-2-1-3-5-10/h10-12H,1-9H2,(H,13,14)/p-1. The molecule has 0 aromatic rings. The van der Waals surface area contributed by atoms with Crippen LogP contribution >= 0.6 is 0 Å². The molecule has 2 rings (SSSR count). The van der Waals surface area contributed by atoms with Crippen LogP contribution in [0.4, 0.5) is 0 Å². The van der Waals surface area contributed by atoms with Crippen LogP contribution in [0, 0.1) is 11.8 Å². The van der Waals surface area contributed by atoms with E-state index in [0.29, 0.717) is 0 Å². The van der Waals surface area contributed by atoms with Gasteiger partial charge in [0.25, 0.3) is 0 Å². The molecule has 2 saturated carbocycles. The predicted octanol–water partition coefficient (Wildman–Crippen LogP) is 3.00. The van der Waals surface area contributed by atoms with Gasteiger partial charge in [-0.15, -0.1) is 0 Å². The molecule has 88 valence electrons. The van der Waals surface area contributed by atoms with E-state index in [1.54, 1.807) is 0 Å². The Balaban J connectivity index is 1.79. The van der Waals surface area contributed by atoms with Crippen molar-refractivity contribution in [3.8, 4) is 0 Å². The lowest BCUT2D eigenvalue weighted by Crippen LogP contribution is -2.27. The molecule has 3 heteroatoms. The zero-order valence-corrected chi connectivity index (χ0v) is 10.1. The molecule has 2 aliphatic rings. The number of rotatable bonds is 2. The topological polar surface area (TPSA) is 40.1 Å². The number of hydrogen-bond donors (Lipinski definition) is 0. The van der Waals surface area contributed by atoms with Gasteiger partial charge in [-0.3, -0.25) is 4.21 Å². The Kier molecular flexibility index (Phi) is 4.21. The minimum Gasteiger partial charge on any atom is -0.772 e. The summed E-state index contributed by atoms with van der Waals surface area (Å²) in [6.07, 6.45) is 11.2. The minimum absolute atomic E-state index is 0.0372. The monoisotopic (exact) mass is 229 g/mol. The molecule has 0 radical (unpaired) electrons. The molecule has 0 heterocycles. The first-order chi connectivity index (χ1) is 7.27. The Morgan fingerprint density at radius 1 is 0.800 bits per heavy atom. The third-order valence-corrected chi connectivity index (χ3v) is 5.32. The van der Waals surface area contributed by atoms with Gasteiger partial charge in [0, 0.05) is 5.25 Å². The highest BCUT2D eigenvalue weighted by molar-refractivity contribution is 7.79. The number of hydrogen-bond acceptors (Lipinski definition) is 2. The van der Waals surface area contributed by atoms with Crippen LogP contribution in [0.25, 0.3) is 0 Å². The summed E-state index contributed by atoms with van der Waals surface area (Å²) in [6, 6.07) is 0. The van der Waals surface area contributed by atoms with Gasteiger partial charge in [-0.05, 0) is 37.5 Å². The van der Waals surface area contributed by atoms with Crippen LogP contribution < -0.4 is 0 Å². The Morgan fingerprint density at radius 3 is 1.87 bits per heavy atom. The molecule has 0 spiro atoms. The van der Waals surface area contributed by atoms with Gasteiger partial charge in [0.15, 0.2) is 0 Å². The summed E-state index contributed by atoms with van der Waals surface area (Å²) in [5, 5.41) is -0.0372. The van der Waals surface area contributed by atoms with Crippen molar-refractivity contribution < 1.29 is 8.76 Å². The maximum Gasteiger partial charge on any atom is 0.0216 e. The predicted molar refractivity (Wildman–Crippen MR) is 61.2 cm³/mol.